The molecule has 0 aliphatic carbocycles. The van der Waals surface area contributed by atoms with Crippen molar-refractivity contribution >= 4 is 23.2 Å². The standard InChI is InChI=1S/C18H22N2O4S/c1-3-4-15-20-12(2)17(25-15)18(23)19-10-9-13-5-7-14(8-6-13)24-11-16(21)22/h5-8H,3-4,9-11H2,1-2H3,(H,19,23)(H,21,22). The Morgan fingerprint density at radius 1 is 1.24 bits per heavy atom. The average molecular weight is 362 g/mol. The molecule has 25 heavy (non-hydrogen) atoms. The highest BCUT2D eigenvalue weighted by atomic mass is 32.1. The molecule has 0 atom stereocenters. The van der Waals surface area contributed by atoms with Gasteiger partial charge in [0.2, 0.25) is 0 Å². The highest BCUT2D eigenvalue weighted by Crippen LogP contribution is 2.19. The smallest absolute Gasteiger partial charge is 0.341 e. The number of hydrogen-bond acceptors (Lipinski definition) is 5. The van der Waals surface area contributed by atoms with Crippen molar-refractivity contribution in [1.82, 2.24) is 10.3 Å². The van der Waals surface area contributed by atoms with E-state index < -0.39 is 5.97 Å². The molecule has 1 heterocycles. The Labute approximate surface area is 150 Å². The molecule has 0 fully saturated rings. The number of aryl methyl sites for hydroxylation is 2. The summed E-state index contributed by atoms with van der Waals surface area (Å²) in [4.78, 5) is 27.8. The largest absolute Gasteiger partial charge is 0.482 e. The van der Waals surface area contributed by atoms with Crippen LogP contribution in [0, 0.1) is 6.92 Å². The molecule has 1 amide bonds. The lowest BCUT2D eigenvalue weighted by atomic mass is 10.1. The molecule has 1 aromatic carbocycles. The third-order valence-electron chi connectivity index (χ3n) is 3.50. The molecular weight excluding hydrogens is 340 g/mol. The molecule has 1 aromatic heterocycles. The molecule has 0 aliphatic rings. The van der Waals surface area contributed by atoms with Crippen LogP contribution in [0.3, 0.4) is 0 Å². The minimum Gasteiger partial charge on any atom is -0.482 e. The van der Waals surface area contributed by atoms with E-state index in [4.69, 9.17) is 9.84 Å². The van der Waals surface area contributed by atoms with Gasteiger partial charge < -0.3 is 15.2 Å². The van der Waals surface area contributed by atoms with E-state index in [1.54, 1.807) is 12.1 Å². The SMILES string of the molecule is CCCc1nc(C)c(C(=O)NCCc2ccc(OCC(=O)O)cc2)s1. The number of carboxylic acids is 1. The maximum absolute atomic E-state index is 12.3. The molecule has 0 spiro atoms. The molecule has 0 aliphatic heterocycles. The van der Waals surface area contributed by atoms with Gasteiger partial charge in [0.25, 0.3) is 5.91 Å². The van der Waals surface area contributed by atoms with Crippen LogP contribution in [0.15, 0.2) is 24.3 Å². The van der Waals surface area contributed by atoms with Crippen molar-refractivity contribution in [2.75, 3.05) is 13.2 Å². The van der Waals surface area contributed by atoms with E-state index in [1.165, 1.54) is 11.3 Å². The van der Waals surface area contributed by atoms with Crippen molar-refractivity contribution < 1.29 is 19.4 Å². The van der Waals surface area contributed by atoms with Gasteiger partial charge in [-0.3, -0.25) is 4.79 Å². The number of aromatic nitrogens is 1. The van der Waals surface area contributed by atoms with E-state index in [0.29, 0.717) is 23.6 Å². The summed E-state index contributed by atoms with van der Waals surface area (Å²) in [7, 11) is 0. The predicted molar refractivity (Wildman–Crippen MR) is 96.5 cm³/mol. The minimum atomic E-state index is -1.01. The maximum Gasteiger partial charge on any atom is 0.341 e. The predicted octanol–water partition coefficient (Wildman–Crippen LogP) is 2.84. The van der Waals surface area contributed by atoms with Crippen molar-refractivity contribution in [2.24, 2.45) is 0 Å². The molecule has 2 rings (SSSR count). The van der Waals surface area contributed by atoms with E-state index in [9.17, 15) is 9.59 Å². The first-order valence-corrected chi connectivity index (χ1v) is 8.99. The van der Waals surface area contributed by atoms with Crippen molar-refractivity contribution in [2.45, 2.75) is 33.1 Å². The number of carbonyl (C=O) groups excluding carboxylic acids is 1. The second-order valence-corrected chi connectivity index (χ2v) is 6.69. The molecule has 2 aromatic rings. The second kappa shape index (κ2) is 9.17. The number of thiazole rings is 1. The number of ether oxygens (including phenoxy) is 1. The van der Waals surface area contributed by atoms with E-state index in [1.807, 2.05) is 19.1 Å². The maximum atomic E-state index is 12.3. The van der Waals surface area contributed by atoms with Gasteiger partial charge in [-0.1, -0.05) is 19.1 Å². The van der Waals surface area contributed by atoms with E-state index in [-0.39, 0.29) is 12.5 Å². The monoisotopic (exact) mass is 362 g/mol. The van der Waals surface area contributed by atoms with Crippen molar-refractivity contribution in [3.8, 4) is 5.75 Å². The molecule has 0 saturated heterocycles. The Kier molecular flexibility index (Phi) is 6.94. The summed E-state index contributed by atoms with van der Waals surface area (Å²) < 4.78 is 5.08. The summed E-state index contributed by atoms with van der Waals surface area (Å²) in [5, 5.41) is 12.5. The van der Waals surface area contributed by atoms with Gasteiger partial charge in [-0.05, 0) is 43.9 Å². The lowest BCUT2D eigenvalue weighted by Gasteiger charge is -2.06. The van der Waals surface area contributed by atoms with Gasteiger partial charge in [-0.25, -0.2) is 9.78 Å². The Morgan fingerprint density at radius 3 is 2.60 bits per heavy atom. The molecule has 0 radical (unpaired) electrons. The van der Waals surface area contributed by atoms with Crippen LogP contribution >= 0.6 is 11.3 Å². The van der Waals surface area contributed by atoms with Gasteiger partial charge in [0.1, 0.15) is 10.6 Å². The van der Waals surface area contributed by atoms with Gasteiger partial charge in [-0.2, -0.15) is 0 Å². The number of carbonyl (C=O) groups is 2. The van der Waals surface area contributed by atoms with Gasteiger partial charge in [0, 0.05) is 6.54 Å². The summed E-state index contributed by atoms with van der Waals surface area (Å²) in [6, 6.07) is 7.18. The molecule has 134 valence electrons. The van der Waals surface area contributed by atoms with Crippen LogP contribution in [-0.2, 0) is 17.6 Å². The topological polar surface area (TPSA) is 88.5 Å². The fourth-order valence-corrected chi connectivity index (χ4v) is 3.36. The fourth-order valence-electron chi connectivity index (χ4n) is 2.28. The quantitative estimate of drug-likeness (QED) is 0.716. The number of nitrogens with zero attached hydrogens (tertiary/aromatic N) is 1. The lowest BCUT2D eigenvalue weighted by molar-refractivity contribution is -0.139. The number of hydrogen-bond donors (Lipinski definition) is 2. The summed E-state index contributed by atoms with van der Waals surface area (Å²) in [5.41, 5.74) is 1.82. The molecule has 0 bridgehead atoms. The molecule has 0 saturated carbocycles. The summed E-state index contributed by atoms with van der Waals surface area (Å²) >= 11 is 1.46. The van der Waals surface area contributed by atoms with Crippen LogP contribution in [0.5, 0.6) is 5.75 Å². The number of rotatable bonds is 9. The highest BCUT2D eigenvalue weighted by Gasteiger charge is 2.14. The first-order chi connectivity index (χ1) is 12.0. The van der Waals surface area contributed by atoms with Gasteiger partial charge >= 0.3 is 5.97 Å². The number of amides is 1. The Balaban J connectivity index is 1.81. The highest BCUT2D eigenvalue weighted by molar-refractivity contribution is 7.13. The van der Waals surface area contributed by atoms with Crippen LogP contribution in [0.1, 0.15) is 39.3 Å². The Morgan fingerprint density at radius 2 is 1.96 bits per heavy atom. The Hall–Kier alpha value is -2.41. The molecule has 2 N–H and O–H groups in total. The van der Waals surface area contributed by atoms with Crippen LogP contribution in [-0.4, -0.2) is 35.1 Å². The third-order valence-corrected chi connectivity index (χ3v) is 4.71. The molecule has 7 heteroatoms. The van der Waals surface area contributed by atoms with Crippen LogP contribution in [0.4, 0.5) is 0 Å². The van der Waals surface area contributed by atoms with Crippen LogP contribution in [0.25, 0.3) is 0 Å². The minimum absolute atomic E-state index is 0.0845. The summed E-state index contributed by atoms with van der Waals surface area (Å²) in [6.45, 7) is 4.12. The zero-order chi connectivity index (χ0) is 18.2. The number of nitrogens with one attached hydrogen (secondary N) is 1. The summed E-state index contributed by atoms with van der Waals surface area (Å²) in [6.07, 6.45) is 2.60. The van der Waals surface area contributed by atoms with Gasteiger partial charge in [0.05, 0.1) is 10.7 Å². The fraction of sp³-hybridized carbons (Fsp3) is 0.389. The van der Waals surface area contributed by atoms with Gasteiger partial charge in [-0.15, -0.1) is 11.3 Å². The van der Waals surface area contributed by atoms with Crippen LogP contribution in [0.2, 0.25) is 0 Å². The van der Waals surface area contributed by atoms with Crippen LogP contribution < -0.4 is 10.1 Å². The van der Waals surface area contributed by atoms with Crippen molar-refractivity contribution in [1.29, 1.82) is 0 Å². The number of carboxylic acid groups (broad SMARTS) is 1. The zero-order valence-electron chi connectivity index (χ0n) is 14.4. The molecule has 6 nitrogen and oxygen atoms in total. The first-order valence-electron chi connectivity index (χ1n) is 8.17. The molecular formula is C18H22N2O4S. The number of benzene rings is 1. The van der Waals surface area contributed by atoms with Gasteiger partial charge in [0.15, 0.2) is 6.61 Å². The van der Waals surface area contributed by atoms with E-state index >= 15 is 0 Å². The van der Waals surface area contributed by atoms with Crippen molar-refractivity contribution in [3.05, 3.63) is 45.4 Å². The Bertz CT molecular complexity index is 725. The van der Waals surface area contributed by atoms with Crippen molar-refractivity contribution in [3.63, 3.8) is 0 Å². The summed E-state index contributed by atoms with van der Waals surface area (Å²) in [5.74, 6) is -0.579. The second-order valence-electron chi connectivity index (χ2n) is 5.60. The zero-order valence-corrected chi connectivity index (χ0v) is 15.2. The van der Waals surface area contributed by atoms with E-state index in [2.05, 4.69) is 17.2 Å². The van der Waals surface area contributed by atoms with E-state index in [0.717, 1.165) is 29.1 Å². The lowest BCUT2D eigenvalue weighted by Crippen LogP contribution is -2.25. The first kappa shape index (κ1) is 18.9. The molecule has 0 unspecified atom stereocenters. The average Bonchev–Trinajstić information content (AvgIpc) is 2.95. The normalized spacial score (nSPS) is 10.5. The third kappa shape index (κ3) is 5.86. The number of aliphatic carboxylic acids is 1.